The number of amides is 3. The van der Waals surface area contributed by atoms with E-state index in [2.05, 4.69) is 5.32 Å². The molecule has 0 unspecified atom stereocenters. The highest BCUT2D eigenvalue weighted by molar-refractivity contribution is 5.87. The van der Waals surface area contributed by atoms with Crippen molar-refractivity contribution in [3.8, 4) is 0 Å². The fourth-order valence-corrected chi connectivity index (χ4v) is 2.16. The van der Waals surface area contributed by atoms with Crippen molar-refractivity contribution < 1.29 is 19.5 Å². The molecule has 0 aromatic carbocycles. The topological polar surface area (TPSA) is 139 Å². The third kappa shape index (κ3) is 4.40. The molecule has 1 rings (SSSR count). The van der Waals surface area contributed by atoms with E-state index in [1.54, 1.807) is 0 Å². The summed E-state index contributed by atoms with van der Waals surface area (Å²) in [6.07, 6.45) is 2.04. The molecule has 0 aromatic heterocycles. The predicted octanol–water partition coefficient (Wildman–Crippen LogP) is -1.16. The van der Waals surface area contributed by atoms with Gasteiger partial charge in [0.2, 0.25) is 5.91 Å². The molecule has 8 heteroatoms. The van der Waals surface area contributed by atoms with Crippen LogP contribution in [0.1, 0.15) is 25.7 Å². The second-order valence-corrected chi connectivity index (χ2v) is 4.57. The summed E-state index contributed by atoms with van der Waals surface area (Å²) in [5, 5.41) is 11.4. The molecule has 1 aliphatic heterocycles. The van der Waals surface area contributed by atoms with Crippen molar-refractivity contribution in [3.63, 3.8) is 0 Å². The first-order valence-electron chi connectivity index (χ1n) is 6.25. The molecule has 0 saturated carbocycles. The Balaban J connectivity index is 2.39. The Morgan fingerprint density at radius 1 is 1.42 bits per heavy atom. The molecule has 1 aliphatic rings. The van der Waals surface area contributed by atoms with Crippen LogP contribution in [0.5, 0.6) is 0 Å². The summed E-state index contributed by atoms with van der Waals surface area (Å²) in [6, 6.07) is -2.12. The minimum absolute atomic E-state index is 0.344. The lowest BCUT2D eigenvalue weighted by Crippen LogP contribution is -2.48. The zero-order chi connectivity index (χ0) is 14.4. The van der Waals surface area contributed by atoms with Gasteiger partial charge in [0.1, 0.15) is 6.04 Å². The van der Waals surface area contributed by atoms with Crippen molar-refractivity contribution in [2.24, 2.45) is 11.5 Å². The van der Waals surface area contributed by atoms with Crippen LogP contribution in [-0.4, -0.2) is 53.1 Å². The molecule has 1 saturated heterocycles. The van der Waals surface area contributed by atoms with Gasteiger partial charge in [-0.05, 0) is 25.7 Å². The summed E-state index contributed by atoms with van der Waals surface area (Å²) in [7, 11) is 0. The maximum Gasteiger partial charge on any atom is 0.326 e. The first kappa shape index (κ1) is 15.2. The number of carbonyl (C=O) groups is 3. The molecular weight excluding hydrogens is 252 g/mol. The predicted molar refractivity (Wildman–Crippen MR) is 67.2 cm³/mol. The quantitative estimate of drug-likeness (QED) is 0.451. The van der Waals surface area contributed by atoms with Crippen LogP contribution in [0, 0.1) is 0 Å². The number of nitrogens with zero attached hydrogens (tertiary/aromatic N) is 1. The van der Waals surface area contributed by atoms with E-state index in [4.69, 9.17) is 16.6 Å². The highest BCUT2D eigenvalue weighted by Gasteiger charge is 2.35. The molecule has 1 heterocycles. The molecule has 6 N–H and O–H groups in total. The van der Waals surface area contributed by atoms with E-state index >= 15 is 0 Å². The maximum atomic E-state index is 12.0. The number of nitrogens with two attached hydrogens (primary N) is 2. The molecule has 2 atom stereocenters. The summed E-state index contributed by atoms with van der Waals surface area (Å²) in [5.41, 5.74) is 10.6. The molecule has 108 valence electrons. The molecule has 0 spiro atoms. The van der Waals surface area contributed by atoms with Crippen LogP contribution in [0.4, 0.5) is 4.79 Å². The van der Waals surface area contributed by atoms with E-state index in [0.717, 1.165) is 0 Å². The average molecular weight is 272 g/mol. The zero-order valence-corrected chi connectivity index (χ0v) is 10.7. The summed E-state index contributed by atoms with van der Waals surface area (Å²) >= 11 is 0. The first-order valence-corrected chi connectivity index (χ1v) is 6.25. The Labute approximate surface area is 111 Å². The van der Waals surface area contributed by atoms with E-state index < -0.39 is 24.1 Å². The molecule has 8 nitrogen and oxygen atoms in total. The molecule has 19 heavy (non-hydrogen) atoms. The van der Waals surface area contributed by atoms with Crippen molar-refractivity contribution in [1.29, 1.82) is 0 Å². The van der Waals surface area contributed by atoms with E-state index in [9.17, 15) is 14.4 Å². The van der Waals surface area contributed by atoms with Crippen LogP contribution in [0.15, 0.2) is 0 Å². The zero-order valence-electron chi connectivity index (χ0n) is 10.7. The minimum Gasteiger partial charge on any atom is -0.480 e. The van der Waals surface area contributed by atoms with Gasteiger partial charge < -0.3 is 26.8 Å². The van der Waals surface area contributed by atoms with Gasteiger partial charge in [0, 0.05) is 13.1 Å². The fourth-order valence-electron chi connectivity index (χ4n) is 2.16. The van der Waals surface area contributed by atoms with Crippen molar-refractivity contribution in [2.75, 3.05) is 13.1 Å². The average Bonchev–Trinajstić information content (AvgIpc) is 2.82. The van der Waals surface area contributed by atoms with Gasteiger partial charge in [-0.1, -0.05) is 0 Å². The Morgan fingerprint density at radius 3 is 2.68 bits per heavy atom. The number of hydrogen-bond donors (Lipinski definition) is 4. The Hall–Kier alpha value is -1.83. The molecule has 0 aromatic rings. The van der Waals surface area contributed by atoms with Gasteiger partial charge in [0.15, 0.2) is 0 Å². The van der Waals surface area contributed by atoms with E-state index in [-0.39, 0.29) is 5.91 Å². The number of carboxylic acid groups (broad SMARTS) is 1. The Kier molecular flexibility index (Phi) is 5.56. The summed E-state index contributed by atoms with van der Waals surface area (Å²) < 4.78 is 0. The molecule has 0 radical (unpaired) electrons. The normalized spacial score (nSPS) is 20.1. The van der Waals surface area contributed by atoms with Crippen molar-refractivity contribution >= 4 is 17.9 Å². The second-order valence-electron chi connectivity index (χ2n) is 4.57. The molecular formula is C11H20N4O4. The molecule has 1 fully saturated rings. The highest BCUT2D eigenvalue weighted by atomic mass is 16.4. The van der Waals surface area contributed by atoms with E-state index in [0.29, 0.717) is 38.8 Å². The largest absolute Gasteiger partial charge is 0.480 e. The van der Waals surface area contributed by atoms with Gasteiger partial charge in [0.05, 0.1) is 6.04 Å². The van der Waals surface area contributed by atoms with Crippen LogP contribution in [-0.2, 0) is 9.59 Å². The van der Waals surface area contributed by atoms with Gasteiger partial charge in [-0.3, -0.25) is 4.79 Å². The summed E-state index contributed by atoms with van der Waals surface area (Å²) in [4.78, 5) is 34.8. The number of hydrogen-bond acceptors (Lipinski definition) is 4. The van der Waals surface area contributed by atoms with Gasteiger partial charge in [-0.15, -0.1) is 0 Å². The number of carboxylic acids is 1. The maximum absolute atomic E-state index is 12.0. The standard InChI is InChI=1S/C11H20N4O4/c12-7(3-1-5-14-11(13)19)9(16)15-6-2-4-8(15)10(17)18/h7-8H,1-6,12H2,(H,17,18)(H3,13,14,19)/t7-,8+/m1/s1. The van der Waals surface area contributed by atoms with Crippen LogP contribution >= 0.6 is 0 Å². The summed E-state index contributed by atoms with van der Waals surface area (Å²) in [6.45, 7) is 0.779. The van der Waals surface area contributed by atoms with E-state index in [1.165, 1.54) is 4.90 Å². The lowest BCUT2D eigenvalue weighted by molar-refractivity contribution is -0.148. The Morgan fingerprint density at radius 2 is 2.11 bits per heavy atom. The fraction of sp³-hybridized carbons (Fsp3) is 0.727. The van der Waals surface area contributed by atoms with Gasteiger partial charge >= 0.3 is 12.0 Å². The lowest BCUT2D eigenvalue weighted by Gasteiger charge is -2.24. The third-order valence-corrected chi connectivity index (χ3v) is 3.13. The summed E-state index contributed by atoms with van der Waals surface area (Å²) in [5.74, 6) is -1.34. The first-order chi connectivity index (χ1) is 8.93. The van der Waals surface area contributed by atoms with Crippen molar-refractivity contribution in [1.82, 2.24) is 10.2 Å². The number of urea groups is 1. The minimum atomic E-state index is -0.992. The molecule has 3 amide bonds. The number of rotatable bonds is 6. The third-order valence-electron chi connectivity index (χ3n) is 3.13. The van der Waals surface area contributed by atoms with Gasteiger partial charge in [-0.2, -0.15) is 0 Å². The van der Waals surface area contributed by atoms with Crippen LogP contribution in [0.25, 0.3) is 0 Å². The van der Waals surface area contributed by atoms with Gasteiger partial charge in [-0.25, -0.2) is 9.59 Å². The van der Waals surface area contributed by atoms with E-state index in [1.807, 2.05) is 0 Å². The van der Waals surface area contributed by atoms with Gasteiger partial charge in [0.25, 0.3) is 0 Å². The van der Waals surface area contributed by atoms with Crippen LogP contribution in [0.2, 0.25) is 0 Å². The Bertz CT molecular complexity index is 361. The number of nitrogens with one attached hydrogen (secondary N) is 1. The number of primary amides is 1. The highest BCUT2D eigenvalue weighted by Crippen LogP contribution is 2.18. The number of aliphatic carboxylic acids is 1. The smallest absolute Gasteiger partial charge is 0.326 e. The molecule has 0 aliphatic carbocycles. The van der Waals surface area contributed by atoms with Crippen molar-refractivity contribution in [3.05, 3.63) is 0 Å². The monoisotopic (exact) mass is 272 g/mol. The number of carbonyl (C=O) groups excluding carboxylic acids is 2. The second kappa shape index (κ2) is 6.93. The SMILES string of the molecule is NC(=O)NCCC[C@@H](N)C(=O)N1CCC[C@H]1C(=O)O. The van der Waals surface area contributed by atoms with Crippen molar-refractivity contribution in [2.45, 2.75) is 37.8 Å². The lowest BCUT2D eigenvalue weighted by atomic mass is 10.1. The molecule has 0 bridgehead atoms. The van der Waals surface area contributed by atoms with Crippen LogP contribution < -0.4 is 16.8 Å². The van der Waals surface area contributed by atoms with Crippen LogP contribution in [0.3, 0.4) is 0 Å². The number of likely N-dealkylation sites (tertiary alicyclic amines) is 1.